The maximum absolute atomic E-state index is 9.47. The van der Waals surface area contributed by atoms with Crippen LogP contribution >= 0.6 is 11.8 Å². The second kappa shape index (κ2) is 4.21. The smallest absolute Gasteiger partial charge is 0.0783 e. The monoisotopic (exact) mass is 161 g/mol. The lowest BCUT2D eigenvalue weighted by Crippen LogP contribution is -2.36. The summed E-state index contributed by atoms with van der Waals surface area (Å²) >= 11 is 1.71. The van der Waals surface area contributed by atoms with Gasteiger partial charge in [0.15, 0.2) is 0 Å². The number of aliphatic hydroxyl groups is 1. The maximum Gasteiger partial charge on any atom is 0.0783 e. The number of hydrogen-bond donors (Lipinski definition) is 2. The molecule has 1 heterocycles. The van der Waals surface area contributed by atoms with Gasteiger partial charge in [-0.1, -0.05) is 0 Å². The third kappa shape index (κ3) is 2.15. The summed E-state index contributed by atoms with van der Waals surface area (Å²) in [6.45, 7) is 1.08. The molecule has 0 amide bonds. The van der Waals surface area contributed by atoms with Gasteiger partial charge in [-0.2, -0.15) is 11.8 Å². The van der Waals surface area contributed by atoms with Crippen molar-refractivity contribution < 1.29 is 5.11 Å². The molecule has 1 fully saturated rings. The third-order valence-corrected chi connectivity index (χ3v) is 2.58. The topological polar surface area (TPSA) is 32.3 Å². The number of thioether (sulfide) groups is 1. The molecule has 0 saturated carbocycles. The molecule has 1 saturated heterocycles. The molecule has 0 bridgehead atoms. The van der Waals surface area contributed by atoms with E-state index in [1.54, 1.807) is 11.8 Å². The van der Waals surface area contributed by atoms with E-state index in [1.807, 2.05) is 6.26 Å². The molecular weight excluding hydrogens is 146 g/mol. The molecule has 2 atom stereocenters. The Balaban J connectivity index is 2.18. The Morgan fingerprint density at radius 3 is 3.10 bits per heavy atom. The average Bonchev–Trinajstić information content (AvgIpc) is 2.38. The van der Waals surface area contributed by atoms with Crippen LogP contribution in [0.25, 0.3) is 0 Å². The summed E-state index contributed by atoms with van der Waals surface area (Å²) in [4.78, 5) is 0. The fraction of sp³-hybridized carbons (Fsp3) is 1.00. The molecule has 0 aromatic rings. The van der Waals surface area contributed by atoms with Gasteiger partial charge in [-0.05, 0) is 25.6 Å². The predicted molar refractivity (Wildman–Crippen MR) is 45.4 cm³/mol. The van der Waals surface area contributed by atoms with Crippen LogP contribution in [0.5, 0.6) is 0 Å². The van der Waals surface area contributed by atoms with E-state index < -0.39 is 0 Å². The minimum atomic E-state index is -0.141. The molecule has 10 heavy (non-hydrogen) atoms. The van der Waals surface area contributed by atoms with Crippen molar-refractivity contribution in [1.29, 1.82) is 0 Å². The summed E-state index contributed by atoms with van der Waals surface area (Å²) in [5, 5.41) is 12.7. The maximum atomic E-state index is 9.47. The lowest BCUT2D eigenvalue weighted by Gasteiger charge is -2.16. The first kappa shape index (κ1) is 8.37. The van der Waals surface area contributed by atoms with E-state index in [9.17, 15) is 5.11 Å². The van der Waals surface area contributed by atoms with Gasteiger partial charge in [0.1, 0.15) is 0 Å². The highest BCUT2D eigenvalue weighted by atomic mass is 32.2. The number of hydrogen-bond acceptors (Lipinski definition) is 3. The van der Waals surface area contributed by atoms with E-state index in [0.29, 0.717) is 6.04 Å². The molecule has 2 nitrogen and oxygen atoms in total. The lowest BCUT2D eigenvalue weighted by molar-refractivity contribution is 0.159. The van der Waals surface area contributed by atoms with Crippen LogP contribution in [0.2, 0.25) is 0 Å². The van der Waals surface area contributed by atoms with Crippen LogP contribution in [0.4, 0.5) is 0 Å². The molecule has 3 heteroatoms. The van der Waals surface area contributed by atoms with E-state index >= 15 is 0 Å². The second-order valence-corrected chi connectivity index (χ2v) is 3.64. The van der Waals surface area contributed by atoms with E-state index in [1.165, 1.54) is 6.42 Å². The molecule has 0 radical (unpaired) electrons. The predicted octanol–water partition coefficient (Wildman–Crippen LogP) is 0.462. The number of aliphatic hydroxyl groups excluding tert-OH is 1. The minimum absolute atomic E-state index is 0.141. The fourth-order valence-corrected chi connectivity index (χ4v) is 1.90. The van der Waals surface area contributed by atoms with E-state index in [4.69, 9.17) is 0 Å². The summed E-state index contributed by atoms with van der Waals surface area (Å²) in [7, 11) is 0. The molecular formula is C7H15NOS. The fourth-order valence-electron chi connectivity index (χ4n) is 1.33. The van der Waals surface area contributed by atoms with Gasteiger partial charge >= 0.3 is 0 Å². The number of rotatable bonds is 3. The Bertz CT molecular complexity index is 93.6. The van der Waals surface area contributed by atoms with Crippen LogP contribution in [0.1, 0.15) is 12.8 Å². The largest absolute Gasteiger partial charge is 0.391 e. The van der Waals surface area contributed by atoms with Crippen molar-refractivity contribution in [1.82, 2.24) is 5.32 Å². The van der Waals surface area contributed by atoms with E-state index in [-0.39, 0.29) is 6.10 Å². The zero-order chi connectivity index (χ0) is 7.40. The van der Waals surface area contributed by atoms with Gasteiger partial charge in [-0.3, -0.25) is 0 Å². The van der Waals surface area contributed by atoms with Crippen LogP contribution in [-0.2, 0) is 0 Å². The molecule has 2 unspecified atom stereocenters. The van der Waals surface area contributed by atoms with Crippen molar-refractivity contribution in [2.24, 2.45) is 0 Å². The van der Waals surface area contributed by atoms with Crippen molar-refractivity contribution >= 4 is 11.8 Å². The molecule has 0 aliphatic carbocycles. The van der Waals surface area contributed by atoms with Crippen LogP contribution in [-0.4, -0.2) is 35.8 Å². The van der Waals surface area contributed by atoms with Crippen molar-refractivity contribution in [3.8, 4) is 0 Å². The van der Waals surface area contributed by atoms with Gasteiger partial charge in [0.25, 0.3) is 0 Å². The zero-order valence-electron chi connectivity index (χ0n) is 6.34. The first-order valence-corrected chi connectivity index (χ1v) is 5.14. The molecule has 2 N–H and O–H groups in total. The zero-order valence-corrected chi connectivity index (χ0v) is 7.16. The molecule has 0 spiro atoms. The molecule has 1 aliphatic rings. The average molecular weight is 161 g/mol. The summed E-state index contributed by atoms with van der Waals surface area (Å²) in [5.41, 5.74) is 0. The third-order valence-electron chi connectivity index (χ3n) is 1.90. The second-order valence-electron chi connectivity index (χ2n) is 2.73. The summed E-state index contributed by atoms with van der Waals surface area (Å²) < 4.78 is 0. The van der Waals surface area contributed by atoms with Gasteiger partial charge in [0, 0.05) is 11.8 Å². The quantitative estimate of drug-likeness (QED) is 0.631. The Kier molecular flexibility index (Phi) is 3.52. The van der Waals surface area contributed by atoms with Gasteiger partial charge in [-0.15, -0.1) is 0 Å². The Morgan fingerprint density at radius 1 is 1.80 bits per heavy atom. The first-order chi connectivity index (χ1) is 4.84. The molecule has 60 valence electrons. The van der Waals surface area contributed by atoms with Crippen LogP contribution in [0, 0.1) is 0 Å². The van der Waals surface area contributed by atoms with Crippen molar-refractivity contribution in [2.45, 2.75) is 25.0 Å². The van der Waals surface area contributed by atoms with E-state index in [2.05, 4.69) is 5.32 Å². The normalized spacial score (nSPS) is 28.8. The van der Waals surface area contributed by atoms with Crippen LogP contribution in [0.3, 0.4) is 0 Å². The van der Waals surface area contributed by atoms with Crippen molar-refractivity contribution in [3.63, 3.8) is 0 Å². The summed E-state index contributed by atoms with van der Waals surface area (Å²) in [5.74, 6) is 0.859. The summed E-state index contributed by atoms with van der Waals surface area (Å²) in [6, 6.07) is 0.368. The van der Waals surface area contributed by atoms with Gasteiger partial charge in [0.2, 0.25) is 0 Å². The van der Waals surface area contributed by atoms with Gasteiger partial charge in [-0.25, -0.2) is 0 Å². The molecule has 1 aliphatic heterocycles. The van der Waals surface area contributed by atoms with Crippen LogP contribution in [0.15, 0.2) is 0 Å². The molecule has 0 aromatic heterocycles. The van der Waals surface area contributed by atoms with Crippen molar-refractivity contribution in [2.75, 3.05) is 18.6 Å². The van der Waals surface area contributed by atoms with Crippen LogP contribution < -0.4 is 5.32 Å². The SMILES string of the molecule is CSCC(O)C1CCCN1. The van der Waals surface area contributed by atoms with Gasteiger partial charge < -0.3 is 10.4 Å². The first-order valence-electron chi connectivity index (χ1n) is 3.75. The summed E-state index contributed by atoms with van der Waals surface area (Å²) in [6.07, 6.45) is 4.24. The Labute approximate surface area is 66.4 Å². The number of nitrogens with one attached hydrogen (secondary N) is 1. The van der Waals surface area contributed by atoms with E-state index in [0.717, 1.165) is 18.7 Å². The Hall–Kier alpha value is 0.270. The highest BCUT2D eigenvalue weighted by Crippen LogP contribution is 2.11. The standard InChI is InChI=1S/C7H15NOS/c1-10-5-7(9)6-3-2-4-8-6/h6-9H,2-5H2,1H3. The Morgan fingerprint density at radius 2 is 2.60 bits per heavy atom. The van der Waals surface area contributed by atoms with Gasteiger partial charge in [0.05, 0.1) is 6.10 Å². The van der Waals surface area contributed by atoms with Crippen molar-refractivity contribution in [3.05, 3.63) is 0 Å². The molecule has 1 rings (SSSR count). The molecule has 0 aromatic carbocycles. The highest BCUT2D eigenvalue weighted by Gasteiger charge is 2.21. The minimum Gasteiger partial charge on any atom is -0.391 e. The highest BCUT2D eigenvalue weighted by molar-refractivity contribution is 7.98. The lowest BCUT2D eigenvalue weighted by atomic mass is 10.1.